The van der Waals surface area contributed by atoms with Crippen molar-refractivity contribution < 1.29 is 22.0 Å². The van der Waals surface area contributed by atoms with Crippen LogP contribution in [0.2, 0.25) is 0 Å². The van der Waals surface area contributed by atoms with Crippen LogP contribution in [0, 0.1) is 12.7 Å². The second kappa shape index (κ2) is 8.84. The van der Waals surface area contributed by atoms with Gasteiger partial charge in [0, 0.05) is 11.3 Å². The number of aryl methyl sites for hydroxylation is 1. The summed E-state index contributed by atoms with van der Waals surface area (Å²) in [6, 6.07) is 19.0. The average molecular weight is 453 g/mol. The van der Waals surface area contributed by atoms with Crippen molar-refractivity contribution in [2.45, 2.75) is 23.8 Å². The fourth-order valence-corrected chi connectivity index (χ4v) is 4.38. The molecule has 1 aromatic heterocycles. The van der Waals surface area contributed by atoms with Gasteiger partial charge in [-0.25, -0.2) is 12.8 Å². The molecule has 0 amide bonds. The number of rotatable bonds is 7. The number of benzene rings is 3. The number of ether oxygens (including phenoxy) is 1. The molecule has 1 N–H and O–H groups in total. The lowest BCUT2D eigenvalue weighted by Gasteiger charge is -2.07. The van der Waals surface area contributed by atoms with Gasteiger partial charge >= 0.3 is 0 Å². The Balaban J connectivity index is 1.79. The Morgan fingerprint density at radius 2 is 1.75 bits per heavy atom. The maximum absolute atomic E-state index is 13.3. The first-order valence-corrected chi connectivity index (χ1v) is 11.4. The minimum absolute atomic E-state index is 0.0324. The van der Waals surface area contributed by atoms with Crippen molar-refractivity contribution in [1.29, 1.82) is 0 Å². The predicted molar refractivity (Wildman–Crippen MR) is 119 cm³/mol. The van der Waals surface area contributed by atoms with Crippen LogP contribution in [-0.2, 0) is 9.84 Å². The molecule has 0 radical (unpaired) electrons. The van der Waals surface area contributed by atoms with Crippen molar-refractivity contribution in [3.05, 3.63) is 84.2 Å². The zero-order valence-electron chi connectivity index (χ0n) is 17.5. The van der Waals surface area contributed by atoms with Gasteiger partial charge in [0.1, 0.15) is 11.6 Å². The molecule has 0 unspecified atom stereocenters. The highest BCUT2D eigenvalue weighted by Crippen LogP contribution is 2.34. The molecule has 0 fully saturated rings. The van der Waals surface area contributed by atoms with E-state index >= 15 is 0 Å². The van der Waals surface area contributed by atoms with Gasteiger partial charge in [-0.2, -0.15) is 4.98 Å². The first kappa shape index (κ1) is 21.6. The quantitative estimate of drug-likeness (QED) is 0.359. The number of anilines is 2. The Morgan fingerprint density at radius 3 is 2.41 bits per heavy atom. The van der Waals surface area contributed by atoms with Crippen molar-refractivity contribution in [3.8, 4) is 17.2 Å². The van der Waals surface area contributed by atoms with Crippen LogP contribution in [0.15, 0.2) is 87.1 Å². The van der Waals surface area contributed by atoms with E-state index in [1.807, 2.05) is 32.0 Å². The SMILES string of the molecule is CCOc1ccc(Nc2oc(-c3cccc(C)c3)nc2S(=O)(=O)c2ccc(F)cc2)cc1. The van der Waals surface area contributed by atoms with E-state index in [1.54, 1.807) is 30.3 Å². The Kier molecular flexibility index (Phi) is 5.96. The number of nitrogens with zero attached hydrogens (tertiary/aromatic N) is 1. The Bertz CT molecular complexity index is 1330. The van der Waals surface area contributed by atoms with Crippen molar-refractivity contribution in [1.82, 2.24) is 4.98 Å². The molecule has 0 saturated carbocycles. The van der Waals surface area contributed by atoms with Crippen molar-refractivity contribution in [2.24, 2.45) is 0 Å². The minimum atomic E-state index is -4.08. The molecular formula is C24H21FN2O4S. The molecule has 0 atom stereocenters. The number of hydrogen-bond acceptors (Lipinski definition) is 6. The molecular weight excluding hydrogens is 431 g/mol. The average Bonchev–Trinajstić information content (AvgIpc) is 3.20. The highest BCUT2D eigenvalue weighted by Gasteiger charge is 2.29. The van der Waals surface area contributed by atoms with E-state index in [9.17, 15) is 12.8 Å². The van der Waals surface area contributed by atoms with E-state index in [0.717, 1.165) is 17.7 Å². The molecule has 1 heterocycles. The Morgan fingerprint density at radius 1 is 1.03 bits per heavy atom. The number of oxazole rings is 1. The van der Waals surface area contributed by atoms with Crippen LogP contribution in [0.3, 0.4) is 0 Å². The monoisotopic (exact) mass is 452 g/mol. The first-order chi connectivity index (χ1) is 15.4. The molecule has 3 aromatic carbocycles. The van der Waals surface area contributed by atoms with E-state index in [0.29, 0.717) is 23.6 Å². The summed E-state index contributed by atoms with van der Waals surface area (Å²) in [5, 5.41) is 2.71. The van der Waals surface area contributed by atoms with Gasteiger partial charge in [0.25, 0.3) is 0 Å². The highest BCUT2D eigenvalue weighted by molar-refractivity contribution is 7.91. The Labute approximate surface area is 185 Å². The van der Waals surface area contributed by atoms with Gasteiger partial charge in [0.15, 0.2) is 0 Å². The van der Waals surface area contributed by atoms with E-state index in [1.165, 1.54) is 12.1 Å². The van der Waals surface area contributed by atoms with Gasteiger partial charge in [-0.05, 0) is 74.5 Å². The van der Waals surface area contributed by atoms with Crippen LogP contribution in [0.1, 0.15) is 12.5 Å². The largest absolute Gasteiger partial charge is 0.494 e. The van der Waals surface area contributed by atoms with E-state index in [2.05, 4.69) is 10.3 Å². The molecule has 0 aliphatic carbocycles. The van der Waals surface area contributed by atoms with Gasteiger partial charge in [0.05, 0.1) is 11.5 Å². The normalized spacial score (nSPS) is 11.3. The maximum atomic E-state index is 13.3. The number of halogens is 1. The number of aromatic nitrogens is 1. The van der Waals surface area contributed by atoms with Gasteiger partial charge in [-0.3, -0.25) is 0 Å². The summed E-state index contributed by atoms with van der Waals surface area (Å²) < 4.78 is 51.2. The van der Waals surface area contributed by atoms with Crippen LogP contribution < -0.4 is 10.1 Å². The molecule has 0 aliphatic heterocycles. The van der Waals surface area contributed by atoms with Crippen LogP contribution in [0.4, 0.5) is 16.0 Å². The number of hydrogen-bond donors (Lipinski definition) is 1. The van der Waals surface area contributed by atoms with Gasteiger partial charge in [0.2, 0.25) is 26.6 Å². The molecule has 0 spiro atoms. The topological polar surface area (TPSA) is 81.4 Å². The summed E-state index contributed by atoms with van der Waals surface area (Å²) in [6.07, 6.45) is 0. The van der Waals surface area contributed by atoms with E-state index in [-0.39, 0.29) is 21.7 Å². The lowest BCUT2D eigenvalue weighted by atomic mass is 10.1. The zero-order chi connectivity index (χ0) is 22.7. The fraction of sp³-hybridized carbons (Fsp3) is 0.125. The predicted octanol–water partition coefficient (Wildman–Crippen LogP) is 5.76. The second-order valence-corrected chi connectivity index (χ2v) is 8.93. The highest BCUT2D eigenvalue weighted by atomic mass is 32.2. The van der Waals surface area contributed by atoms with Gasteiger partial charge < -0.3 is 14.5 Å². The lowest BCUT2D eigenvalue weighted by molar-refractivity contribution is 0.340. The molecule has 0 saturated heterocycles. The van der Waals surface area contributed by atoms with E-state index < -0.39 is 15.7 Å². The smallest absolute Gasteiger partial charge is 0.238 e. The van der Waals surface area contributed by atoms with Crippen LogP contribution in [0.5, 0.6) is 5.75 Å². The summed E-state index contributed by atoms with van der Waals surface area (Å²) in [4.78, 5) is 4.21. The molecule has 4 aromatic rings. The van der Waals surface area contributed by atoms with Crippen molar-refractivity contribution in [2.75, 3.05) is 11.9 Å². The summed E-state index contributed by atoms with van der Waals surface area (Å²) >= 11 is 0. The maximum Gasteiger partial charge on any atom is 0.238 e. The third-order valence-corrected chi connectivity index (χ3v) is 6.34. The molecule has 32 heavy (non-hydrogen) atoms. The third-order valence-electron chi connectivity index (χ3n) is 4.66. The number of sulfone groups is 1. The molecule has 4 rings (SSSR count). The van der Waals surface area contributed by atoms with Crippen molar-refractivity contribution in [3.63, 3.8) is 0 Å². The summed E-state index contributed by atoms with van der Waals surface area (Å²) in [6.45, 7) is 4.34. The summed E-state index contributed by atoms with van der Waals surface area (Å²) in [5.74, 6) is 0.283. The number of nitrogens with one attached hydrogen (secondary N) is 1. The van der Waals surface area contributed by atoms with Gasteiger partial charge in [-0.1, -0.05) is 17.7 Å². The van der Waals surface area contributed by atoms with Crippen LogP contribution in [0.25, 0.3) is 11.5 Å². The molecule has 6 nitrogen and oxygen atoms in total. The first-order valence-electron chi connectivity index (χ1n) is 9.95. The molecule has 8 heteroatoms. The van der Waals surface area contributed by atoms with Crippen LogP contribution >= 0.6 is 0 Å². The van der Waals surface area contributed by atoms with Crippen molar-refractivity contribution >= 4 is 21.4 Å². The molecule has 164 valence electrons. The van der Waals surface area contributed by atoms with E-state index in [4.69, 9.17) is 9.15 Å². The summed E-state index contributed by atoms with van der Waals surface area (Å²) in [7, 11) is -4.08. The zero-order valence-corrected chi connectivity index (χ0v) is 18.3. The summed E-state index contributed by atoms with van der Waals surface area (Å²) in [5.41, 5.74) is 2.21. The second-order valence-electron chi connectivity index (χ2n) is 7.06. The fourth-order valence-electron chi connectivity index (χ4n) is 3.13. The third kappa shape index (κ3) is 4.50. The van der Waals surface area contributed by atoms with Crippen LogP contribution in [-0.4, -0.2) is 20.0 Å². The lowest BCUT2D eigenvalue weighted by Crippen LogP contribution is -2.05. The standard InChI is InChI=1S/C24H21FN2O4S/c1-3-30-20-11-9-19(10-12-20)26-23-24(32(28,29)21-13-7-18(25)8-14-21)27-22(31-23)17-6-4-5-16(2)15-17/h4-15,26H,3H2,1-2H3. The van der Waals surface area contributed by atoms with Gasteiger partial charge in [-0.15, -0.1) is 0 Å². The molecule has 0 bridgehead atoms. The Hall–Kier alpha value is -3.65. The molecule has 0 aliphatic rings. The minimum Gasteiger partial charge on any atom is -0.494 e.